The van der Waals surface area contributed by atoms with Gasteiger partial charge >= 0.3 is 35.5 Å². The quantitative estimate of drug-likeness (QED) is 0.0751. The molecule has 0 spiro atoms. The zero-order valence-electron chi connectivity index (χ0n) is 33.2. The number of ether oxygens (including phenoxy) is 3. The molecule has 1 rings (SSSR count). The molecule has 2 amide bonds. The number of methoxy groups -OCH3 is 2. The molecule has 0 aromatic rings. The first-order valence-electron chi connectivity index (χ1n) is 17.5. The van der Waals surface area contributed by atoms with E-state index in [-0.39, 0.29) is 66.6 Å². The summed E-state index contributed by atoms with van der Waals surface area (Å²) in [5, 5.41) is 4.68. The number of hydrogen-bond donors (Lipinski definition) is 2. The molecule has 1 aliphatic heterocycles. The van der Waals surface area contributed by atoms with Gasteiger partial charge in [-0.2, -0.15) is 0 Å². The molecule has 12 nitrogen and oxygen atoms in total. The van der Waals surface area contributed by atoms with Gasteiger partial charge in [-0.3, -0.25) is 13.8 Å². The van der Waals surface area contributed by atoms with Crippen molar-refractivity contribution < 1.29 is 75.3 Å². The molecule has 1 heterocycles. The van der Waals surface area contributed by atoms with Crippen LogP contribution in [0.2, 0.25) is 0 Å². The number of cyclic esters (lactones) is 1. The predicted octanol–water partition coefficient (Wildman–Crippen LogP) is 2.66. The molecule has 0 radical (unpaired) electrons. The molecule has 0 saturated carbocycles. The van der Waals surface area contributed by atoms with Crippen LogP contribution in [0.4, 0.5) is 0 Å². The van der Waals surface area contributed by atoms with E-state index in [2.05, 4.69) is 46.0 Å². The molecule has 0 fully saturated rings. The van der Waals surface area contributed by atoms with Gasteiger partial charge in [0, 0.05) is 32.8 Å². The molecular formula is C40H57N2NaO10S. The Morgan fingerprint density at radius 1 is 1.00 bits per heavy atom. The summed E-state index contributed by atoms with van der Waals surface area (Å²) < 4.78 is 53.7. The van der Waals surface area contributed by atoms with Crippen LogP contribution in [0.5, 0.6) is 0 Å². The van der Waals surface area contributed by atoms with Crippen molar-refractivity contribution in [1.29, 1.82) is 0 Å². The number of amides is 2. The van der Waals surface area contributed by atoms with E-state index >= 15 is 0 Å². The zero-order valence-corrected chi connectivity index (χ0v) is 36.0. The van der Waals surface area contributed by atoms with Crippen LogP contribution in [-0.4, -0.2) is 83.0 Å². The van der Waals surface area contributed by atoms with Crippen LogP contribution >= 0.6 is 0 Å². The Morgan fingerprint density at radius 2 is 1.67 bits per heavy atom. The third kappa shape index (κ3) is 23.6. The van der Waals surface area contributed by atoms with Crippen molar-refractivity contribution in [2.75, 3.05) is 27.4 Å². The summed E-state index contributed by atoms with van der Waals surface area (Å²) in [7, 11) is -1.68. The van der Waals surface area contributed by atoms with Crippen molar-refractivity contribution in [3.8, 4) is 0 Å². The minimum atomic E-state index is -5.05. The van der Waals surface area contributed by atoms with Gasteiger partial charge < -0.3 is 29.4 Å². The molecule has 0 bridgehead atoms. The molecule has 6 atom stereocenters. The normalized spacial score (nSPS) is 28.5. The molecular weight excluding hydrogens is 724 g/mol. The van der Waals surface area contributed by atoms with Gasteiger partial charge in [-0.25, -0.2) is 13.2 Å². The number of rotatable bonds is 12. The van der Waals surface area contributed by atoms with Crippen LogP contribution in [0, 0.1) is 11.8 Å². The van der Waals surface area contributed by atoms with Gasteiger partial charge in [0.1, 0.15) is 12.1 Å². The number of hydrogen-bond acceptors (Lipinski definition) is 10. The first kappa shape index (κ1) is 50.9. The van der Waals surface area contributed by atoms with Gasteiger partial charge in [-0.1, -0.05) is 110 Å². The van der Waals surface area contributed by atoms with Crippen molar-refractivity contribution >= 4 is 28.7 Å². The van der Waals surface area contributed by atoms with E-state index in [1.165, 1.54) is 11.6 Å². The monoisotopic (exact) mass is 780 g/mol. The summed E-state index contributed by atoms with van der Waals surface area (Å²) in [5.74, 6) is -1.52. The maximum absolute atomic E-state index is 13.1. The fourth-order valence-electron chi connectivity index (χ4n) is 4.92. The SMILES string of the molecule is CO[C@@H]1/C=C(C)/C=C/[C@@H](C)/C=C/C(=O)O[C@H](/C(C)=C/C=C(\C)CNC(=O)[C@H](COS(=O)(=O)[O-])NC=O)[C@@H](C)/C=C/C=C/[C@@H](OC)CC/C=C(C)\C=C\C1.[Na+]. The molecule has 0 aliphatic carbocycles. The van der Waals surface area contributed by atoms with E-state index in [0.29, 0.717) is 5.57 Å². The standard InChI is InChI=1S/C40H58N2O10S.Na/c1-29-13-11-17-35(49-7)16-10-9-15-33(5)39(52-38(44)24-22-30(2)19-20-31(3)25-36(50-8)18-12-14-29)34(6)23-21-32(4)26-41-40(45)37(42-28-43)27-51-53(46,47)48;/h9-10,12-16,19-25,28,30,33,35-37,39H,11,17-18,26-27H2,1-8H3,(H,41,45)(H,42,43)(H,46,47,48);/q;+1/p-1/b14-12+,15-9+,16-10+,20-19+,24-22+,29-13-,31-25+,32-21+,34-23+;/t30-,33+,35-,36+,37+,39+;/m1./s1. The molecule has 1 aliphatic rings. The van der Waals surface area contributed by atoms with Crippen molar-refractivity contribution in [1.82, 2.24) is 10.6 Å². The van der Waals surface area contributed by atoms with Crippen molar-refractivity contribution in [3.05, 3.63) is 107 Å². The van der Waals surface area contributed by atoms with Gasteiger partial charge in [0.15, 0.2) is 0 Å². The van der Waals surface area contributed by atoms with Crippen molar-refractivity contribution in [2.24, 2.45) is 11.8 Å². The summed E-state index contributed by atoms with van der Waals surface area (Å²) in [6, 6.07) is -1.39. The molecule has 0 aromatic carbocycles. The van der Waals surface area contributed by atoms with Gasteiger partial charge in [-0.05, 0) is 58.4 Å². The minimum absolute atomic E-state index is 0. The van der Waals surface area contributed by atoms with E-state index in [9.17, 15) is 27.4 Å². The molecule has 54 heavy (non-hydrogen) atoms. The maximum Gasteiger partial charge on any atom is 1.00 e. The number of carbonyl (C=O) groups is 3. The van der Waals surface area contributed by atoms with Crippen LogP contribution in [0.3, 0.4) is 0 Å². The molecule has 2 N–H and O–H groups in total. The second-order valence-electron chi connectivity index (χ2n) is 12.9. The van der Waals surface area contributed by atoms with Gasteiger partial charge in [-0.15, -0.1) is 0 Å². The van der Waals surface area contributed by atoms with Gasteiger partial charge in [0.25, 0.3) is 0 Å². The average molecular weight is 781 g/mol. The van der Waals surface area contributed by atoms with Crippen molar-refractivity contribution in [2.45, 2.75) is 85.2 Å². The smallest absolute Gasteiger partial charge is 0.726 e. The minimum Gasteiger partial charge on any atom is -0.726 e. The summed E-state index contributed by atoms with van der Waals surface area (Å²) >= 11 is 0. The second-order valence-corrected chi connectivity index (χ2v) is 13.9. The molecule has 0 unspecified atom stereocenters. The summed E-state index contributed by atoms with van der Waals surface area (Å²) in [5.41, 5.74) is 3.64. The van der Waals surface area contributed by atoms with E-state index < -0.39 is 41.0 Å². The predicted molar refractivity (Wildman–Crippen MR) is 206 cm³/mol. The number of nitrogens with one attached hydrogen (secondary N) is 2. The largest absolute Gasteiger partial charge is 1.00 e. The van der Waals surface area contributed by atoms with Crippen LogP contribution in [-0.2, 0) is 43.2 Å². The van der Waals surface area contributed by atoms with E-state index in [1.54, 1.807) is 39.4 Å². The Kier molecular flexibility index (Phi) is 26.6. The molecule has 0 saturated heterocycles. The van der Waals surface area contributed by atoms with Crippen LogP contribution in [0.25, 0.3) is 0 Å². The van der Waals surface area contributed by atoms with E-state index in [1.807, 2.05) is 64.2 Å². The number of esters is 1. The third-order valence-corrected chi connectivity index (χ3v) is 8.50. The fraction of sp³-hybridized carbons (Fsp3) is 0.475. The Labute approximate surface area is 344 Å². The van der Waals surface area contributed by atoms with Crippen LogP contribution in [0.15, 0.2) is 107 Å². The third-order valence-electron chi connectivity index (χ3n) is 8.08. The average Bonchev–Trinajstić information content (AvgIpc) is 3.11. The van der Waals surface area contributed by atoms with Crippen LogP contribution in [0.1, 0.15) is 60.8 Å². The number of allylic oxidation sites excluding steroid dienone is 11. The topological polar surface area (TPSA) is 169 Å². The summed E-state index contributed by atoms with van der Waals surface area (Å²) in [4.78, 5) is 36.4. The Balaban J connectivity index is 0.0000281. The Hall–Kier alpha value is -3.14. The Bertz CT molecular complexity index is 1570. The van der Waals surface area contributed by atoms with E-state index in [0.717, 1.165) is 30.4 Å². The fourth-order valence-corrected chi connectivity index (χ4v) is 5.22. The summed E-state index contributed by atoms with van der Waals surface area (Å²) in [6.07, 6.45) is 28.8. The number of carbonyl (C=O) groups excluding carboxylic acids is 3. The van der Waals surface area contributed by atoms with Crippen molar-refractivity contribution in [3.63, 3.8) is 0 Å². The maximum atomic E-state index is 13.1. The summed E-state index contributed by atoms with van der Waals surface area (Å²) in [6.45, 7) is 10.8. The molecule has 14 heteroatoms. The second kappa shape index (κ2) is 28.3. The Morgan fingerprint density at radius 3 is 2.31 bits per heavy atom. The van der Waals surface area contributed by atoms with Gasteiger partial charge in [0.05, 0.1) is 18.8 Å². The molecule has 0 aromatic heterocycles. The first-order valence-corrected chi connectivity index (χ1v) is 18.8. The van der Waals surface area contributed by atoms with Gasteiger partial charge in [0.2, 0.25) is 22.7 Å². The van der Waals surface area contributed by atoms with E-state index in [4.69, 9.17) is 14.2 Å². The zero-order chi connectivity index (χ0) is 39.8. The molecule has 294 valence electrons. The first-order chi connectivity index (χ1) is 25.1. The van der Waals surface area contributed by atoms with Crippen LogP contribution < -0.4 is 40.2 Å².